The summed E-state index contributed by atoms with van der Waals surface area (Å²) < 4.78 is 10.4. The minimum atomic E-state index is -1.08. The molecule has 2 aromatic rings. The Hall–Kier alpha value is -2.50. The first-order valence-electron chi connectivity index (χ1n) is 5.83. The number of rotatable bonds is 6. The lowest BCUT2D eigenvalue weighted by molar-refractivity contribution is 0.0660. The molecular formula is C13H14N2O4. The zero-order valence-corrected chi connectivity index (χ0v) is 10.4. The van der Waals surface area contributed by atoms with Crippen LogP contribution in [0.3, 0.4) is 0 Å². The number of furan rings is 1. The molecule has 0 aromatic carbocycles. The predicted octanol–water partition coefficient (Wildman–Crippen LogP) is 2.38. The molecule has 0 radical (unpaired) electrons. The molecule has 0 saturated carbocycles. The third-order valence-electron chi connectivity index (χ3n) is 2.37. The van der Waals surface area contributed by atoms with Crippen LogP contribution in [0.5, 0.6) is 5.88 Å². The average molecular weight is 262 g/mol. The van der Waals surface area contributed by atoms with Gasteiger partial charge in [0.1, 0.15) is 5.76 Å². The molecule has 0 aliphatic heterocycles. The van der Waals surface area contributed by atoms with E-state index in [-0.39, 0.29) is 5.76 Å². The molecule has 2 rings (SSSR count). The van der Waals surface area contributed by atoms with E-state index in [4.69, 9.17) is 14.3 Å². The van der Waals surface area contributed by atoms with Crippen LogP contribution in [0, 0.1) is 0 Å². The van der Waals surface area contributed by atoms with Crippen LogP contribution in [0.25, 0.3) is 0 Å². The van der Waals surface area contributed by atoms with Gasteiger partial charge in [0.25, 0.3) is 0 Å². The number of hydrogen-bond donors (Lipinski definition) is 2. The summed E-state index contributed by atoms with van der Waals surface area (Å²) in [7, 11) is 0. The molecule has 2 N–H and O–H groups in total. The highest BCUT2D eigenvalue weighted by Gasteiger charge is 2.08. The summed E-state index contributed by atoms with van der Waals surface area (Å²) >= 11 is 0. The van der Waals surface area contributed by atoms with Gasteiger partial charge in [-0.3, -0.25) is 0 Å². The zero-order chi connectivity index (χ0) is 13.7. The summed E-state index contributed by atoms with van der Waals surface area (Å²) in [5, 5.41) is 11.8. The summed E-state index contributed by atoms with van der Waals surface area (Å²) in [4.78, 5) is 14.8. The number of carboxylic acids is 1. The van der Waals surface area contributed by atoms with E-state index in [9.17, 15) is 4.79 Å². The number of hydrogen-bond acceptors (Lipinski definition) is 5. The summed E-state index contributed by atoms with van der Waals surface area (Å²) in [6.07, 6.45) is 1.64. The van der Waals surface area contributed by atoms with Crippen LogP contribution in [-0.4, -0.2) is 22.7 Å². The Bertz CT molecular complexity index is 548. The van der Waals surface area contributed by atoms with Gasteiger partial charge in [0.15, 0.2) is 0 Å². The van der Waals surface area contributed by atoms with Crippen molar-refractivity contribution in [1.82, 2.24) is 4.98 Å². The number of carbonyl (C=O) groups is 1. The molecular weight excluding hydrogens is 248 g/mol. The van der Waals surface area contributed by atoms with Crippen LogP contribution in [0.15, 0.2) is 34.9 Å². The Labute approximate surface area is 110 Å². The van der Waals surface area contributed by atoms with Gasteiger partial charge in [-0.25, -0.2) is 9.78 Å². The van der Waals surface area contributed by atoms with E-state index in [1.165, 1.54) is 6.07 Å². The molecule has 0 amide bonds. The number of aromatic carboxylic acids is 1. The first-order chi connectivity index (χ1) is 9.19. The van der Waals surface area contributed by atoms with Gasteiger partial charge in [-0.15, -0.1) is 0 Å². The van der Waals surface area contributed by atoms with Gasteiger partial charge in [-0.05, 0) is 25.1 Å². The molecule has 0 unspecified atom stereocenters. The normalized spacial score (nSPS) is 10.2. The molecule has 0 aliphatic carbocycles. The first-order valence-corrected chi connectivity index (χ1v) is 5.83. The molecule has 0 bridgehead atoms. The minimum absolute atomic E-state index is 0.0679. The van der Waals surface area contributed by atoms with Gasteiger partial charge in [-0.2, -0.15) is 0 Å². The van der Waals surface area contributed by atoms with Crippen LogP contribution in [0.1, 0.15) is 23.2 Å². The van der Waals surface area contributed by atoms with Crippen LogP contribution < -0.4 is 10.1 Å². The van der Waals surface area contributed by atoms with Crippen molar-refractivity contribution >= 4 is 11.7 Å². The van der Waals surface area contributed by atoms with Crippen molar-refractivity contribution in [2.45, 2.75) is 13.5 Å². The van der Waals surface area contributed by atoms with E-state index in [1.54, 1.807) is 18.3 Å². The van der Waals surface area contributed by atoms with Gasteiger partial charge < -0.3 is 19.6 Å². The summed E-state index contributed by atoms with van der Waals surface area (Å²) in [6, 6.07) is 6.64. The molecule has 2 heterocycles. The van der Waals surface area contributed by atoms with Gasteiger partial charge in [0.2, 0.25) is 11.6 Å². The van der Waals surface area contributed by atoms with Gasteiger partial charge in [0.05, 0.1) is 25.0 Å². The molecule has 6 heteroatoms. The van der Waals surface area contributed by atoms with Crippen molar-refractivity contribution in [3.8, 4) is 5.88 Å². The maximum atomic E-state index is 10.6. The third-order valence-corrected chi connectivity index (χ3v) is 2.37. The maximum absolute atomic E-state index is 10.6. The highest BCUT2D eigenvalue weighted by Crippen LogP contribution is 2.14. The van der Waals surface area contributed by atoms with E-state index in [1.807, 2.05) is 13.0 Å². The predicted molar refractivity (Wildman–Crippen MR) is 68.4 cm³/mol. The molecule has 100 valence electrons. The topological polar surface area (TPSA) is 84.6 Å². The number of nitrogens with one attached hydrogen (secondary N) is 1. The van der Waals surface area contributed by atoms with E-state index in [0.717, 1.165) is 5.69 Å². The third kappa shape index (κ3) is 3.48. The first kappa shape index (κ1) is 12.9. The van der Waals surface area contributed by atoms with Crippen molar-refractivity contribution in [3.05, 3.63) is 42.0 Å². The smallest absolute Gasteiger partial charge is 0.371 e. The Kier molecular flexibility index (Phi) is 4.02. The molecule has 2 aromatic heterocycles. The number of carboxylic acid groups (broad SMARTS) is 1. The SMILES string of the molecule is CCOc1ccc(NCc2ccc(C(=O)O)o2)cn1. The lowest BCUT2D eigenvalue weighted by Crippen LogP contribution is -2.00. The largest absolute Gasteiger partial charge is 0.478 e. The lowest BCUT2D eigenvalue weighted by atomic mass is 10.4. The van der Waals surface area contributed by atoms with Gasteiger partial charge >= 0.3 is 5.97 Å². The summed E-state index contributed by atoms with van der Waals surface area (Å²) in [6.45, 7) is 2.86. The molecule has 0 saturated heterocycles. The van der Waals surface area contributed by atoms with E-state index < -0.39 is 5.97 Å². The number of pyridine rings is 1. The Balaban J connectivity index is 1.92. The molecule has 0 aliphatic rings. The van der Waals surface area contributed by atoms with Crippen molar-refractivity contribution in [2.24, 2.45) is 0 Å². The average Bonchev–Trinajstić information content (AvgIpc) is 2.87. The number of aromatic nitrogens is 1. The standard InChI is InChI=1S/C13H14N2O4/c1-2-18-12-6-3-9(7-15-12)14-8-10-4-5-11(19-10)13(16)17/h3-7,14H,2,8H2,1H3,(H,16,17). The van der Waals surface area contributed by atoms with E-state index in [2.05, 4.69) is 10.3 Å². The molecule has 19 heavy (non-hydrogen) atoms. The molecule has 6 nitrogen and oxygen atoms in total. The Morgan fingerprint density at radius 1 is 1.42 bits per heavy atom. The summed E-state index contributed by atoms with van der Waals surface area (Å²) in [5.41, 5.74) is 0.803. The Morgan fingerprint density at radius 2 is 2.26 bits per heavy atom. The van der Waals surface area contributed by atoms with Crippen molar-refractivity contribution < 1.29 is 19.1 Å². The Morgan fingerprint density at radius 3 is 2.84 bits per heavy atom. The fourth-order valence-corrected chi connectivity index (χ4v) is 1.50. The lowest BCUT2D eigenvalue weighted by Gasteiger charge is -2.05. The molecule has 0 spiro atoms. The van der Waals surface area contributed by atoms with E-state index >= 15 is 0 Å². The van der Waals surface area contributed by atoms with Gasteiger partial charge in [0, 0.05) is 6.07 Å². The second-order valence-electron chi connectivity index (χ2n) is 3.74. The fraction of sp³-hybridized carbons (Fsp3) is 0.231. The zero-order valence-electron chi connectivity index (χ0n) is 10.4. The fourth-order valence-electron chi connectivity index (χ4n) is 1.50. The highest BCUT2D eigenvalue weighted by atomic mass is 16.5. The maximum Gasteiger partial charge on any atom is 0.371 e. The highest BCUT2D eigenvalue weighted by molar-refractivity contribution is 5.84. The van der Waals surface area contributed by atoms with Crippen molar-refractivity contribution in [1.29, 1.82) is 0 Å². The summed E-state index contributed by atoms with van der Waals surface area (Å²) in [5.74, 6) is -0.0268. The number of ether oxygens (including phenoxy) is 1. The number of anilines is 1. The van der Waals surface area contributed by atoms with Crippen molar-refractivity contribution in [3.63, 3.8) is 0 Å². The van der Waals surface area contributed by atoms with Gasteiger partial charge in [-0.1, -0.05) is 0 Å². The van der Waals surface area contributed by atoms with Crippen LogP contribution in [0.4, 0.5) is 5.69 Å². The minimum Gasteiger partial charge on any atom is -0.478 e. The molecule has 0 fully saturated rings. The van der Waals surface area contributed by atoms with Crippen LogP contribution >= 0.6 is 0 Å². The number of nitrogens with zero attached hydrogens (tertiary/aromatic N) is 1. The monoisotopic (exact) mass is 262 g/mol. The van der Waals surface area contributed by atoms with Crippen LogP contribution in [0.2, 0.25) is 0 Å². The van der Waals surface area contributed by atoms with Crippen LogP contribution in [-0.2, 0) is 6.54 Å². The second kappa shape index (κ2) is 5.90. The second-order valence-corrected chi connectivity index (χ2v) is 3.74. The van der Waals surface area contributed by atoms with Crippen molar-refractivity contribution in [2.75, 3.05) is 11.9 Å². The quantitative estimate of drug-likeness (QED) is 0.831. The molecule has 0 atom stereocenters. The van der Waals surface area contributed by atoms with E-state index in [0.29, 0.717) is 24.8 Å².